The normalized spacial score (nSPS) is 18.3. The minimum Gasteiger partial charge on any atom is -0.306 e. The maximum absolute atomic E-state index is 12.6. The quantitative estimate of drug-likeness (QED) is 0.792. The Morgan fingerprint density at radius 3 is 2.62 bits per heavy atom. The number of piperidine rings is 1. The summed E-state index contributed by atoms with van der Waals surface area (Å²) in [5.74, 6) is 0.419. The zero-order valence-corrected chi connectivity index (χ0v) is 14.3. The van der Waals surface area contributed by atoms with Gasteiger partial charge in [-0.3, -0.25) is 0 Å². The number of nitrogens with zero attached hydrogens (tertiary/aromatic N) is 3. The average molecular weight is 332 g/mol. The maximum Gasteiger partial charge on any atom is 0.244 e. The van der Waals surface area contributed by atoms with Gasteiger partial charge in [-0.05, 0) is 57.5 Å². The molecule has 2 heterocycles. The lowest BCUT2D eigenvalue weighted by Gasteiger charge is -2.31. The van der Waals surface area contributed by atoms with Crippen molar-refractivity contribution in [1.82, 2.24) is 14.2 Å². The fourth-order valence-electron chi connectivity index (χ4n) is 2.56. The number of halogens is 1. The predicted octanol–water partition coefficient (Wildman–Crippen LogP) is 2.01. The SMILES string of the molecule is Cc1cc(S(=O)(=O)N(C)CC2CCN(C)CC2)cnc1Cl. The Morgan fingerprint density at radius 2 is 2.05 bits per heavy atom. The third kappa shape index (κ3) is 3.94. The number of hydrogen-bond donors (Lipinski definition) is 0. The lowest BCUT2D eigenvalue weighted by Crippen LogP contribution is -2.38. The minimum absolute atomic E-state index is 0.208. The summed E-state index contributed by atoms with van der Waals surface area (Å²) in [4.78, 5) is 6.42. The number of aromatic nitrogens is 1. The van der Waals surface area contributed by atoms with Crippen molar-refractivity contribution in [2.75, 3.05) is 33.7 Å². The molecule has 0 radical (unpaired) electrons. The third-order valence-corrected chi connectivity index (χ3v) is 6.24. The van der Waals surface area contributed by atoms with E-state index in [0.29, 0.717) is 23.2 Å². The second kappa shape index (κ2) is 6.60. The van der Waals surface area contributed by atoms with Gasteiger partial charge in [0, 0.05) is 19.8 Å². The van der Waals surface area contributed by atoms with E-state index in [1.165, 1.54) is 10.5 Å². The molecule has 1 saturated heterocycles. The number of rotatable bonds is 4. The fraction of sp³-hybridized carbons (Fsp3) is 0.643. The van der Waals surface area contributed by atoms with Crippen molar-refractivity contribution in [1.29, 1.82) is 0 Å². The van der Waals surface area contributed by atoms with Gasteiger partial charge in [-0.2, -0.15) is 0 Å². The van der Waals surface area contributed by atoms with E-state index in [1.807, 2.05) is 0 Å². The maximum atomic E-state index is 12.6. The van der Waals surface area contributed by atoms with Gasteiger partial charge in [0.15, 0.2) is 0 Å². The van der Waals surface area contributed by atoms with Crippen LogP contribution in [0.1, 0.15) is 18.4 Å². The molecular formula is C14H22ClN3O2S. The molecule has 0 spiro atoms. The van der Waals surface area contributed by atoms with Gasteiger partial charge in [0.2, 0.25) is 10.0 Å². The van der Waals surface area contributed by atoms with Crippen molar-refractivity contribution in [3.63, 3.8) is 0 Å². The molecule has 1 fully saturated rings. The van der Waals surface area contributed by atoms with Gasteiger partial charge in [-0.15, -0.1) is 0 Å². The van der Waals surface area contributed by atoms with Gasteiger partial charge in [-0.1, -0.05) is 11.6 Å². The Morgan fingerprint density at radius 1 is 1.43 bits per heavy atom. The van der Waals surface area contributed by atoms with E-state index in [2.05, 4.69) is 16.9 Å². The Bertz CT molecular complexity index is 598. The highest BCUT2D eigenvalue weighted by atomic mass is 35.5. The van der Waals surface area contributed by atoms with Crippen LogP contribution >= 0.6 is 11.6 Å². The minimum atomic E-state index is -3.49. The fourth-order valence-corrected chi connectivity index (χ4v) is 3.94. The predicted molar refractivity (Wildman–Crippen MR) is 84.0 cm³/mol. The van der Waals surface area contributed by atoms with Crippen molar-refractivity contribution in [3.05, 3.63) is 23.0 Å². The van der Waals surface area contributed by atoms with E-state index < -0.39 is 10.0 Å². The summed E-state index contributed by atoms with van der Waals surface area (Å²) in [6.07, 6.45) is 3.40. The van der Waals surface area contributed by atoms with E-state index in [1.54, 1.807) is 20.0 Å². The molecule has 7 heteroatoms. The Hall–Kier alpha value is -0.690. The molecule has 1 aromatic heterocycles. The molecule has 5 nitrogen and oxygen atoms in total. The molecule has 0 aliphatic carbocycles. The summed E-state index contributed by atoms with van der Waals surface area (Å²) in [6.45, 7) is 4.36. The second-order valence-electron chi connectivity index (χ2n) is 5.81. The molecule has 0 atom stereocenters. The third-order valence-electron chi connectivity index (χ3n) is 4.05. The molecule has 0 bridgehead atoms. The van der Waals surface area contributed by atoms with Crippen molar-refractivity contribution in [3.8, 4) is 0 Å². The summed E-state index contributed by atoms with van der Waals surface area (Å²) in [7, 11) is 0.240. The molecule has 0 amide bonds. The molecule has 1 aliphatic heterocycles. The van der Waals surface area contributed by atoms with Gasteiger partial charge in [0.25, 0.3) is 0 Å². The molecule has 0 aromatic carbocycles. The van der Waals surface area contributed by atoms with E-state index in [9.17, 15) is 8.42 Å². The number of hydrogen-bond acceptors (Lipinski definition) is 4. The largest absolute Gasteiger partial charge is 0.306 e. The molecule has 0 saturated carbocycles. The van der Waals surface area contributed by atoms with Gasteiger partial charge in [0.1, 0.15) is 10.0 Å². The standard InChI is InChI=1S/C14H22ClN3O2S/c1-11-8-13(9-16-14(11)15)21(19,20)18(3)10-12-4-6-17(2)7-5-12/h8-9,12H,4-7,10H2,1-3H3. The van der Waals surface area contributed by atoms with Crippen LogP contribution in [0.3, 0.4) is 0 Å². The first-order valence-electron chi connectivity index (χ1n) is 7.07. The summed E-state index contributed by atoms with van der Waals surface area (Å²) in [5.41, 5.74) is 0.672. The molecule has 118 valence electrons. The van der Waals surface area contributed by atoms with Gasteiger partial charge < -0.3 is 4.90 Å². The first-order valence-corrected chi connectivity index (χ1v) is 8.89. The number of aryl methyl sites for hydroxylation is 1. The molecule has 21 heavy (non-hydrogen) atoms. The Kier molecular flexibility index (Phi) is 5.24. The van der Waals surface area contributed by atoms with Crippen molar-refractivity contribution < 1.29 is 8.42 Å². The molecule has 0 N–H and O–H groups in total. The van der Waals surface area contributed by atoms with E-state index in [4.69, 9.17) is 11.6 Å². The summed E-state index contributed by atoms with van der Waals surface area (Å²) in [5, 5.41) is 0.340. The lowest BCUT2D eigenvalue weighted by molar-refractivity contribution is 0.202. The van der Waals surface area contributed by atoms with E-state index in [0.717, 1.165) is 25.9 Å². The highest BCUT2D eigenvalue weighted by Crippen LogP contribution is 2.22. The van der Waals surface area contributed by atoms with Crippen LogP contribution in [-0.2, 0) is 10.0 Å². The van der Waals surface area contributed by atoms with Crippen LogP contribution < -0.4 is 0 Å². The van der Waals surface area contributed by atoms with Crippen LogP contribution in [0.15, 0.2) is 17.2 Å². The topological polar surface area (TPSA) is 53.5 Å². The van der Waals surface area contributed by atoms with Crippen molar-refractivity contribution in [2.24, 2.45) is 5.92 Å². The van der Waals surface area contributed by atoms with Crippen LogP contribution in [0.5, 0.6) is 0 Å². The summed E-state index contributed by atoms with van der Waals surface area (Å²) >= 11 is 5.86. The van der Waals surface area contributed by atoms with Crippen molar-refractivity contribution >= 4 is 21.6 Å². The second-order valence-corrected chi connectivity index (χ2v) is 8.21. The lowest BCUT2D eigenvalue weighted by atomic mass is 9.97. The highest BCUT2D eigenvalue weighted by molar-refractivity contribution is 7.89. The van der Waals surface area contributed by atoms with Gasteiger partial charge in [0.05, 0.1) is 0 Å². The first kappa shape index (κ1) is 16.7. The smallest absolute Gasteiger partial charge is 0.244 e. The Labute approximate surface area is 132 Å². The van der Waals surface area contributed by atoms with E-state index >= 15 is 0 Å². The van der Waals surface area contributed by atoms with Crippen LogP contribution in [-0.4, -0.2) is 56.3 Å². The zero-order chi connectivity index (χ0) is 15.6. The summed E-state index contributed by atoms with van der Waals surface area (Å²) in [6, 6.07) is 1.58. The summed E-state index contributed by atoms with van der Waals surface area (Å²) < 4.78 is 26.6. The molecule has 1 aliphatic rings. The Balaban J connectivity index is 2.09. The molecule has 0 unspecified atom stereocenters. The van der Waals surface area contributed by atoms with Crippen LogP contribution in [0.4, 0.5) is 0 Å². The number of pyridine rings is 1. The van der Waals surface area contributed by atoms with E-state index in [-0.39, 0.29) is 4.90 Å². The van der Waals surface area contributed by atoms with Gasteiger partial charge in [-0.25, -0.2) is 17.7 Å². The average Bonchev–Trinajstić information content (AvgIpc) is 2.44. The molecule has 1 aromatic rings. The van der Waals surface area contributed by atoms with Crippen LogP contribution in [0.25, 0.3) is 0 Å². The highest BCUT2D eigenvalue weighted by Gasteiger charge is 2.26. The molecular weight excluding hydrogens is 310 g/mol. The monoisotopic (exact) mass is 331 g/mol. The number of sulfonamides is 1. The van der Waals surface area contributed by atoms with Crippen LogP contribution in [0, 0.1) is 12.8 Å². The van der Waals surface area contributed by atoms with Crippen LogP contribution in [0.2, 0.25) is 5.15 Å². The number of likely N-dealkylation sites (tertiary alicyclic amines) is 1. The van der Waals surface area contributed by atoms with Crippen molar-refractivity contribution in [2.45, 2.75) is 24.7 Å². The zero-order valence-electron chi connectivity index (χ0n) is 12.7. The first-order chi connectivity index (χ1) is 9.80. The van der Waals surface area contributed by atoms with Gasteiger partial charge >= 0.3 is 0 Å². The molecule has 2 rings (SSSR count).